The minimum Gasteiger partial charge on any atom is -0.493 e. The lowest BCUT2D eigenvalue weighted by molar-refractivity contribution is 0.443. The van der Waals surface area contributed by atoms with E-state index in [1.54, 1.807) is 24.1 Å². The predicted octanol–water partition coefficient (Wildman–Crippen LogP) is 0.829. The molecule has 6 heteroatoms. The van der Waals surface area contributed by atoms with Crippen molar-refractivity contribution in [2.24, 2.45) is 7.05 Å². The maximum atomic E-state index is 11.8. The average Bonchev–Trinajstić information content (AvgIpc) is 2.69. The van der Waals surface area contributed by atoms with Crippen molar-refractivity contribution >= 4 is 0 Å². The lowest BCUT2D eigenvalue weighted by Gasteiger charge is -2.05. The van der Waals surface area contributed by atoms with Crippen LogP contribution in [0.4, 0.5) is 0 Å². The third-order valence-corrected chi connectivity index (χ3v) is 2.55. The van der Waals surface area contributed by atoms with Crippen molar-refractivity contribution in [3.05, 3.63) is 28.4 Å². The van der Waals surface area contributed by atoms with Gasteiger partial charge in [-0.05, 0) is 6.42 Å². The summed E-state index contributed by atoms with van der Waals surface area (Å²) >= 11 is 0. The fraction of sp³-hybridized carbons (Fsp3) is 0.364. The van der Waals surface area contributed by atoms with Gasteiger partial charge in [-0.15, -0.1) is 0 Å². The SMILES string of the molecule is CCCc1c(O)nc(-c2cncn2C)[nH]c1=O. The van der Waals surface area contributed by atoms with Gasteiger partial charge in [0.2, 0.25) is 5.88 Å². The van der Waals surface area contributed by atoms with Gasteiger partial charge in [0.15, 0.2) is 5.82 Å². The van der Waals surface area contributed by atoms with E-state index in [4.69, 9.17) is 0 Å². The molecule has 2 aromatic heterocycles. The van der Waals surface area contributed by atoms with Crippen molar-refractivity contribution < 1.29 is 5.11 Å². The smallest absolute Gasteiger partial charge is 0.258 e. The van der Waals surface area contributed by atoms with Crippen LogP contribution in [-0.4, -0.2) is 24.6 Å². The number of aryl methyl sites for hydroxylation is 1. The van der Waals surface area contributed by atoms with Crippen LogP contribution in [0.5, 0.6) is 5.88 Å². The van der Waals surface area contributed by atoms with Crippen LogP contribution in [0.15, 0.2) is 17.3 Å². The number of rotatable bonds is 3. The first-order valence-electron chi connectivity index (χ1n) is 5.42. The molecule has 90 valence electrons. The summed E-state index contributed by atoms with van der Waals surface area (Å²) in [5.41, 5.74) is 0.689. The molecule has 0 amide bonds. The molecule has 17 heavy (non-hydrogen) atoms. The molecule has 0 bridgehead atoms. The molecule has 2 heterocycles. The molecule has 0 aromatic carbocycles. The second-order valence-corrected chi connectivity index (χ2v) is 3.86. The first kappa shape index (κ1) is 11.4. The number of aromatic nitrogens is 4. The van der Waals surface area contributed by atoms with Gasteiger partial charge in [-0.2, -0.15) is 4.98 Å². The van der Waals surface area contributed by atoms with Gasteiger partial charge in [-0.25, -0.2) is 4.98 Å². The maximum absolute atomic E-state index is 11.8. The molecule has 0 aliphatic heterocycles. The van der Waals surface area contributed by atoms with E-state index in [1.807, 2.05) is 6.92 Å². The quantitative estimate of drug-likeness (QED) is 0.823. The van der Waals surface area contributed by atoms with Crippen LogP contribution < -0.4 is 5.56 Å². The van der Waals surface area contributed by atoms with E-state index in [9.17, 15) is 9.90 Å². The van der Waals surface area contributed by atoms with Gasteiger partial charge in [-0.3, -0.25) is 4.79 Å². The van der Waals surface area contributed by atoms with E-state index in [1.165, 1.54) is 0 Å². The van der Waals surface area contributed by atoms with Crippen molar-refractivity contribution in [1.29, 1.82) is 0 Å². The highest BCUT2D eigenvalue weighted by atomic mass is 16.3. The van der Waals surface area contributed by atoms with Crippen molar-refractivity contribution in [3.63, 3.8) is 0 Å². The molecule has 6 nitrogen and oxygen atoms in total. The van der Waals surface area contributed by atoms with Gasteiger partial charge < -0.3 is 14.7 Å². The van der Waals surface area contributed by atoms with E-state index >= 15 is 0 Å². The number of H-pyrrole nitrogens is 1. The van der Waals surface area contributed by atoms with Gasteiger partial charge >= 0.3 is 0 Å². The number of nitrogens with one attached hydrogen (secondary N) is 1. The molecule has 0 spiro atoms. The van der Waals surface area contributed by atoms with E-state index in [0.717, 1.165) is 6.42 Å². The van der Waals surface area contributed by atoms with Crippen LogP contribution in [0, 0.1) is 0 Å². The van der Waals surface area contributed by atoms with Crippen molar-refractivity contribution in [1.82, 2.24) is 19.5 Å². The Balaban J connectivity index is 2.53. The Morgan fingerprint density at radius 3 is 2.82 bits per heavy atom. The van der Waals surface area contributed by atoms with Crippen molar-refractivity contribution in [3.8, 4) is 17.4 Å². The van der Waals surface area contributed by atoms with Crippen LogP contribution in [0.1, 0.15) is 18.9 Å². The second-order valence-electron chi connectivity index (χ2n) is 3.86. The standard InChI is InChI=1S/C11H14N4O2/c1-3-4-7-10(16)13-9(14-11(7)17)8-5-12-6-15(8)2/h5-6H,3-4H2,1-2H3,(H2,13,14,16,17). The highest BCUT2D eigenvalue weighted by molar-refractivity contribution is 5.49. The largest absolute Gasteiger partial charge is 0.493 e. The third kappa shape index (κ3) is 2.06. The Bertz CT molecular complexity index is 585. The minimum atomic E-state index is -0.296. The van der Waals surface area contributed by atoms with E-state index in [0.29, 0.717) is 23.5 Å². The molecule has 0 unspecified atom stereocenters. The monoisotopic (exact) mass is 234 g/mol. The molecule has 2 rings (SSSR count). The number of hydrogen-bond acceptors (Lipinski definition) is 4. The molecule has 0 fully saturated rings. The molecule has 0 saturated carbocycles. The van der Waals surface area contributed by atoms with E-state index < -0.39 is 0 Å². The molecule has 0 aliphatic carbocycles. The zero-order valence-corrected chi connectivity index (χ0v) is 9.77. The molecule has 2 aromatic rings. The molecular weight excluding hydrogens is 220 g/mol. The fourth-order valence-corrected chi connectivity index (χ4v) is 1.67. The molecular formula is C11H14N4O2. The van der Waals surface area contributed by atoms with Crippen LogP contribution in [0.2, 0.25) is 0 Å². The van der Waals surface area contributed by atoms with Gasteiger partial charge in [0.1, 0.15) is 5.69 Å². The van der Waals surface area contributed by atoms with Gasteiger partial charge in [0, 0.05) is 7.05 Å². The Hall–Kier alpha value is -2.11. The molecule has 0 saturated heterocycles. The summed E-state index contributed by atoms with van der Waals surface area (Å²) < 4.78 is 1.72. The van der Waals surface area contributed by atoms with E-state index in [-0.39, 0.29) is 11.4 Å². The highest BCUT2D eigenvalue weighted by Crippen LogP contribution is 2.17. The van der Waals surface area contributed by atoms with Crippen LogP contribution in [0.25, 0.3) is 11.5 Å². The zero-order valence-electron chi connectivity index (χ0n) is 9.77. The number of aromatic amines is 1. The Labute approximate surface area is 98.0 Å². The Morgan fingerprint density at radius 1 is 1.53 bits per heavy atom. The van der Waals surface area contributed by atoms with Gasteiger partial charge in [0.05, 0.1) is 18.1 Å². The van der Waals surface area contributed by atoms with Gasteiger partial charge in [0.25, 0.3) is 5.56 Å². The Kier molecular flexibility index (Phi) is 2.95. The van der Waals surface area contributed by atoms with Gasteiger partial charge in [-0.1, -0.05) is 13.3 Å². The molecule has 0 aliphatic rings. The summed E-state index contributed by atoms with van der Waals surface area (Å²) in [6.07, 6.45) is 4.48. The molecule has 0 atom stereocenters. The van der Waals surface area contributed by atoms with E-state index in [2.05, 4.69) is 15.0 Å². The maximum Gasteiger partial charge on any atom is 0.258 e. The van der Waals surface area contributed by atoms with Crippen molar-refractivity contribution in [2.75, 3.05) is 0 Å². The molecule has 2 N–H and O–H groups in total. The predicted molar refractivity (Wildman–Crippen MR) is 62.7 cm³/mol. The number of nitrogens with zero attached hydrogens (tertiary/aromatic N) is 3. The summed E-state index contributed by atoms with van der Waals surface area (Å²) in [5, 5.41) is 9.73. The normalized spacial score (nSPS) is 10.7. The average molecular weight is 234 g/mol. The first-order chi connectivity index (χ1) is 8.13. The van der Waals surface area contributed by atoms with Crippen LogP contribution in [-0.2, 0) is 13.5 Å². The lowest BCUT2D eigenvalue weighted by Crippen LogP contribution is -2.15. The summed E-state index contributed by atoms with van der Waals surface area (Å²) in [6.45, 7) is 1.94. The van der Waals surface area contributed by atoms with Crippen LogP contribution >= 0.6 is 0 Å². The zero-order chi connectivity index (χ0) is 12.4. The van der Waals surface area contributed by atoms with Crippen molar-refractivity contribution in [2.45, 2.75) is 19.8 Å². The lowest BCUT2D eigenvalue weighted by atomic mass is 10.2. The number of hydrogen-bond donors (Lipinski definition) is 2. The third-order valence-electron chi connectivity index (χ3n) is 2.55. The minimum absolute atomic E-state index is 0.202. The van der Waals surface area contributed by atoms with Crippen LogP contribution in [0.3, 0.4) is 0 Å². The summed E-state index contributed by atoms with van der Waals surface area (Å²) in [7, 11) is 1.79. The summed E-state index contributed by atoms with van der Waals surface area (Å²) in [4.78, 5) is 22.4. The number of aromatic hydroxyl groups is 1. The topological polar surface area (TPSA) is 83.8 Å². The number of imidazole rings is 1. The first-order valence-corrected chi connectivity index (χ1v) is 5.42. The summed E-state index contributed by atoms with van der Waals surface area (Å²) in [6, 6.07) is 0. The Morgan fingerprint density at radius 2 is 2.29 bits per heavy atom. The molecule has 0 radical (unpaired) electrons. The summed E-state index contributed by atoms with van der Waals surface area (Å²) in [5.74, 6) is 0.124. The second kappa shape index (κ2) is 4.40. The highest BCUT2D eigenvalue weighted by Gasteiger charge is 2.12. The fourth-order valence-electron chi connectivity index (χ4n) is 1.67.